The van der Waals surface area contributed by atoms with Gasteiger partial charge in [-0.15, -0.1) is 0 Å². The summed E-state index contributed by atoms with van der Waals surface area (Å²) in [5.74, 6) is -2.16. The predicted molar refractivity (Wildman–Crippen MR) is 101 cm³/mol. The van der Waals surface area contributed by atoms with E-state index in [0.717, 1.165) is 33.8 Å². The Labute approximate surface area is 159 Å². The molecule has 0 aromatic heterocycles. The number of halogens is 1. The number of methoxy groups -OCH3 is 2. The Bertz CT molecular complexity index is 766. The van der Waals surface area contributed by atoms with Crippen LogP contribution in [0.2, 0.25) is 0 Å². The molecule has 2 rings (SSSR count). The molecule has 0 spiro atoms. The maximum absolute atomic E-state index is 9.10. The second-order valence-corrected chi connectivity index (χ2v) is 5.99. The summed E-state index contributed by atoms with van der Waals surface area (Å²) in [6.45, 7) is 2.80. The smallest absolute Gasteiger partial charge is 0.414 e. The lowest BCUT2D eigenvalue weighted by atomic mass is 10.2. The molecule has 0 aliphatic carbocycles. The Morgan fingerprint density at radius 3 is 2.12 bits per heavy atom. The van der Waals surface area contributed by atoms with Crippen molar-refractivity contribution in [3.05, 3.63) is 52.0 Å². The minimum atomic E-state index is -1.82. The van der Waals surface area contributed by atoms with E-state index in [0.29, 0.717) is 0 Å². The molecule has 0 bridgehead atoms. The van der Waals surface area contributed by atoms with E-state index in [1.165, 1.54) is 5.56 Å². The molecule has 0 aliphatic heterocycles. The number of carbonyl (C=O) groups is 2. The number of nitrogens with one attached hydrogen (secondary N) is 1. The first-order chi connectivity index (χ1) is 12.3. The number of benzene rings is 2. The SMILES string of the molecule is COc1ccc(CNc2ccc(C)cc2Br)cc1OC.O=C(O)C(=O)O. The van der Waals surface area contributed by atoms with Gasteiger partial charge in [0.1, 0.15) is 0 Å². The Morgan fingerprint density at radius 1 is 1.00 bits per heavy atom. The summed E-state index contributed by atoms with van der Waals surface area (Å²) in [6, 6.07) is 12.2. The zero-order chi connectivity index (χ0) is 19.7. The first-order valence-corrected chi connectivity index (χ1v) is 8.25. The van der Waals surface area contributed by atoms with Gasteiger partial charge in [0.25, 0.3) is 0 Å². The third-order valence-electron chi connectivity index (χ3n) is 3.24. The Balaban J connectivity index is 0.000000487. The quantitative estimate of drug-likeness (QED) is 0.628. The Kier molecular flexibility index (Phi) is 8.44. The van der Waals surface area contributed by atoms with Crippen LogP contribution in [0.4, 0.5) is 5.69 Å². The van der Waals surface area contributed by atoms with Crippen molar-refractivity contribution >= 4 is 33.6 Å². The van der Waals surface area contributed by atoms with Crippen LogP contribution in [0, 0.1) is 6.92 Å². The van der Waals surface area contributed by atoms with Gasteiger partial charge >= 0.3 is 11.9 Å². The fraction of sp³-hybridized carbons (Fsp3) is 0.222. The summed E-state index contributed by atoms with van der Waals surface area (Å²) >= 11 is 3.56. The molecule has 0 amide bonds. The predicted octanol–water partition coefficient (Wildman–Crippen LogP) is 3.54. The molecule has 0 aliphatic rings. The van der Waals surface area contributed by atoms with Crippen molar-refractivity contribution in [1.82, 2.24) is 0 Å². The fourth-order valence-electron chi connectivity index (χ4n) is 1.95. The van der Waals surface area contributed by atoms with Crippen LogP contribution in [0.25, 0.3) is 0 Å². The largest absolute Gasteiger partial charge is 0.493 e. The fourth-order valence-corrected chi connectivity index (χ4v) is 2.58. The van der Waals surface area contributed by atoms with Crippen LogP contribution < -0.4 is 14.8 Å². The third-order valence-corrected chi connectivity index (χ3v) is 3.89. The highest BCUT2D eigenvalue weighted by atomic mass is 79.9. The molecular formula is C18H20BrNO6. The van der Waals surface area contributed by atoms with Gasteiger partial charge in [-0.25, -0.2) is 9.59 Å². The van der Waals surface area contributed by atoms with E-state index in [1.54, 1.807) is 14.2 Å². The molecule has 0 saturated heterocycles. The summed E-state index contributed by atoms with van der Waals surface area (Å²) < 4.78 is 11.6. The number of aliphatic carboxylic acids is 2. The van der Waals surface area contributed by atoms with E-state index in [1.807, 2.05) is 18.2 Å². The van der Waals surface area contributed by atoms with Crippen molar-refractivity contribution in [1.29, 1.82) is 0 Å². The molecule has 0 fully saturated rings. The van der Waals surface area contributed by atoms with E-state index in [2.05, 4.69) is 46.4 Å². The number of hydrogen-bond donors (Lipinski definition) is 3. The van der Waals surface area contributed by atoms with Gasteiger partial charge < -0.3 is 25.0 Å². The molecule has 0 unspecified atom stereocenters. The molecule has 0 saturated carbocycles. The first-order valence-electron chi connectivity index (χ1n) is 7.45. The maximum Gasteiger partial charge on any atom is 0.414 e. The summed E-state index contributed by atoms with van der Waals surface area (Å²) in [5, 5.41) is 18.2. The molecule has 3 N–H and O–H groups in total. The highest BCUT2D eigenvalue weighted by Gasteiger charge is 2.05. The van der Waals surface area contributed by atoms with Crippen molar-refractivity contribution in [2.75, 3.05) is 19.5 Å². The van der Waals surface area contributed by atoms with Crippen LogP contribution in [0.15, 0.2) is 40.9 Å². The van der Waals surface area contributed by atoms with Gasteiger partial charge in [0.05, 0.1) is 14.2 Å². The zero-order valence-electron chi connectivity index (χ0n) is 14.6. The number of anilines is 1. The summed E-state index contributed by atoms with van der Waals surface area (Å²) in [7, 11) is 3.28. The number of rotatable bonds is 5. The van der Waals surface area contributed by atoms with E-state index < -0.39 is 11.9 Å². The first kappa shape index (κ1) is 21.3. The molecule has 8 heteroatoms. The topological polar surface area (TPSA) is 105 Å². The van der Waals surface area contributed by atoms with Crippen LogP contribution in [0.5, 0.6) is 11.5 Å². The van der Waals surface area contributed by atoms with Crippen molar-refractivity contribution in [2.45, 2.75) is 13.5 Å². The lowest BCUT2D eigenvalue weighted by molar-refractivity contribution is -0.159. The lowest BCUT2D eigenvalue weighted by Gasteiger charge is -2.12. The molecule has 0 atom stereocenters. The van der Waals surface area contributed by atoms with Crippen molar-refractivity contribution < 1.29 is 29.3 Å². The minimum absolute atomic E-state index is 0.724. The number of ether oxygens (including phenoxy) is 2. The van der Waals surface area contributed by atoms with Crippen LogP contribution in [0.3, 0.4) is 0 Å². The molecule has 2 aromatic carbocycles. The van der Waals surface area contributed by atoms with Gasteiger partial charge in [-0.1, -0.05) is 12.1 Å². The van der Waals surface area contributed by atoms with Gasteiger partial charge in [-0.2, -0.15) is 0 Å². The average molecular weight is 426 g/mol. The van der Waals surface area contributed by atoms with Gasteiger partial charge in [-0.3, -0.25) is 0 Å². The van der Waals surface area contributed by atoms with Gasteiger partial charge in [0, 0.05) is 16.7 Å². The van der Waals surface area contributed by atoms with Gasteiger partial charge in [0.15, 0.2) is 11.5 Å². The Hall–Kier alpha value is -2.74. The molecule has 2 aromatic rings. The molecule has 140 valence electrons. The van der Waals surface area contributed by atoms with E-state index >= 15 is 0 Å². The maximum atomic E-state index is 9.10. The van der Waals surface area contributed by atoms with Crippen molar-refractivity contribution in [2.24, 2.45) is 0 Å². The van der Waals surface area contributed by atoms with Crippen molar-refractivity contribution in [3.63, 3.8) is 0 Å². The van der Waals surface area contributed by atoms with Crippen LogP contribution in [-0.4, -0.2) is 36.4 Å². The summed E-state index contributed by atoms with van der Waals surface area (Å²) in [6.07, 6.45) is 0. The number of hydrogen-bond acceptors (Lipinski definition) is 5. The van der Waals surface area contributed by atoms with Gasteiger partial charge in [-0.05, 0) is 58.2 Å². The standard InChI is InChI=1S/C16H18BrNO2.C2H2O4/c1-11-4-6-14(13(17)8-11)18-10-12-5-7-15(19-2)16(9-12)20-3;3-1(4)2(5)6/h4-9,18H,10H2,1-3H3;(H,3,4)(H,5,6). The number of carboxylic acid groups (broad SMARTS) is 2. The van der Waals surface area contributed by atoms with Crippen LogP contribution in [-0.2, 0) is 16.1 Å². The van der Waals surface area contributed by atoms with Crippen LogP contribution >= 0.6 is 15.9 Å². The van der Waals surface area contributed by atoms with Crippen LogP contribution in [0.1, 0.15) is 11.1 Å². The molecule has 0 radical (unpaired) electrons. The zero-order valence-corrected chi connectivity index (χ0v) is 16.2. The van der Waals surface area contributed by atoms with Crippen molar-refractivity contribution in [3.8, 4) is 11.5 Å². The second kappa shape index (κ2) is 10.3. The number of aryl methyl sites for hydroxylation is 1. The lowest BCUT2D eigenvalue weighted by Crippen LogP contribution is -2.09. The summed E-state index contributed by atoms with van der Waals surface area (Å²) in [5.41, 5.74) is 3.44. The number of carboxylic acids is 2. The molecule has 0 heterocycles. The van der Waals surface area contributed by atoms with E-state index in [-0.39, 0.29) is 0 Å². The summed E-state index contributed by atoms with van der Waals surface area (Å²) in [4.78, 5) is 18.2. The minimum Gasteiger partial charge on any atom is -0.493 e. The van der Waals surface area contributed by atoms with E-state index in [9.17, 15) is 0 Å². The molecular weight excluding hydrogens is 406 g/mol. The average Bonchev–Trinajstić information content (AvgIpc) is 2.61. The van der Waals surface area contributed by atoms with E-state index in [4.69, 9.17) is 29.3 Å². The molecule has 26 heavy (non-hydrogen) atoms. The normalized spacial score (nSPS) is 9.54. The third kappa shape index (κ3) is 6.64. The highest BCUT2D eigenvalue weighted by Crippen LogP contribution is 2.28. The molecule has 7 nitrogen and oxygen atoms in total. The second-order valence-electron chi connectivity index (χ2n) is 5.14. The Morgan fingerprint density at radius 2 is 1.62 bits per heavy atom. The monoisotopic (exact) mass is 425 g/mol. The van der Waals surface area contributed by atoms with Gasteiger partial charge in [0.2, 0.25) is 0 Å². The highest BCUT2D eigenvalue weighted by molar-refractivity contribution is 9.10.